The molecule has 0 saturated carbocycles. The summed E-state index contributed by atoms with van der Waals surface area (Å²) in [6.45, 7) is 3.16. The van der Waals surface area contributed by atoms with E-state index in [2.05, 4.69) is 68.5 Å². The zero-order valence-corrected chi connectivity index (χ0v) is 19.2. The quantitative estimate of drug-likeness (QED) is 0.229. The number of hydrogen-bond donors (Lipinski definition) is 3. The van der Waals surface area contributed by atoms with Crippen molar-refractivity contribution in [1.29, 1.82) is 0 Å². The largest absolute Gasteiger partial charge is 0.463 e. The summed E-state index contributed by atoms with van der Waals surface area (Å²) in [4.78, 5) is 11.6. The summed E-state index contributed by atoms with van der Waals surface area (Å²) < 4.78 is 4.96. The van der Waals surface area contributed by atoms with Crippen molar-refractivity contribution in [2.45, 2.75) is 64.3 Å². The van der Waals surface area contributed by atoms with Gasteiger partial charge in [0, 0.05) is 0 Å². The highest BCUT2D eigenvalue weighted by Gasteiger charge is 2.24. The summed E-state index contributed by atoms with van der Waals surface area (Å²) in [5.74, 6) is -0.437. The number of rotatable bonds is 17. The summed E-state index contributed by atoms with van der Waals surface area (Å²) in [7, 11) is 0. The Labute approximate surface area is 188 Å². The molecule has 174 valence electrons. The maximum absolute atomic E-state index is 11.6. The minimum absolute atomic E-state index is 0.136. The van der Waals surface area contributed by atoms with E-state index in [1.54, 1.807) is 6.08 Å². The Morgan fingerprint density at radius 1 is 0.806 bits per heavy atom. The van der Waals surface area contributed by atoms with Crippen molar-refractivity contribution in [1.82, 2.24) is 0 Å². The van der Waals surface area contributed by atoms with Crippen LogP contribution < -0.4 is 5.73 Å². The second-order valence-corrected chi connectivity index (χ2v) is 7.51. The fourth-order valence-corrected chi connectivity index (χ4v) is 2.30. The Morgan fingerprint density at radius 3 is 1.84 bits per heavy atom. The molecular formula is C26H41NO4. The molecule has 0 aromatic carbocycles. The zero-order chi connectivity index (χ0) is 23.2. The van der Waals surface area contributed by atoms with Crippen molar-refractivity contribution < 1.29 is 19.7 Å². The number of hydrogen-bond acceptors (Lipinski definition) is 5. The fraction of sp³-hybridized carbons (Fsp3) is 0.500. The van der Waals surface area contributed by atoms with Crippen molar-refractivity contribution in [3.05, 3.63) is 72.4 Å². The molecule has 5 heteroatoms. The van der Waals surface area contributed by atoms with E-state index in [4.69, 9.17) is 20.7 Å². The van der Waals surface area contributed by atoms with Gasteiger partial charge in [0.1, 0.15) is 6.61 Å². The highest BCUT2D eigenvalue weighted by Crippen LogP contribution is 2.05. The Bertz CT molecular complexity index is 638. The van der Waals surface area contributed by atoms with Gasteiger partial charge in [-0.05, 0) is 45.4 Å². The molecule has 0 radical (unpaired) electrons. The monoisotopic (exact) mass is 431 g/mol. The summed E-state index contributed by atoms with van der Waals surface area (Å²) in [6, 6.07) is 0. The van der Waals surface area contributed by atoms with Gasteiger partial charge in [-0.25, -0.2) is 0 Å². The van der Waals surface area contributed by atoms with Crippen LogP contribution in [-0.4, -0.2) is 41.5 Å². The van der Waals surface area contributed by atoms with Crippen molar-refractivity contribution >= 4 is 5.97 Å². The van der Waals surface area contributed by atoms with Crippen LogP contribution in [0.4, 0.5) is 0 Å². The first-order valence-corrected chi connectivity index (χ1v) is 11.0. The summed E-state index contributed by atoms with van der Waals surface area (Å²) in [6.07, 6.45) is 29.0. The molecule has 0 atom stereocenters. The smallest absolute Gasteiger partial charge is 0.309 e. The van der Waals surface area contributed by atoms with E-state index in [1.165, 1.54) is 5.57 Å². The molecule has 0 unspecified atom stereocenters. The third-order valence-electron chi connectivity index (χ3n) is 4.36. The molecule has 0 heterocycles. The van der Waals surface area contributed by atoms with E-state index >= 15 is 0 Å². The van der Waals surface area contributed by atoms with Crippen LogP contribution in [0.2, 0.25) is 0 Å². The van der Waals surface area contributed by atoms with Crippen molar-refractivity contribution in [2.75, 3.05) is 19.8 Å². The topological polar surface area (TPSA) is 92.8 Å². The average Bonchev–Trinajstić information content (AvgIpc) is 2.78. The summed E-state index contributed by atoms with van der Waals surface area (Å²) >= 11 is 0. The molecule has 5 nitrogen and oxygen atoms in total. The van der Waals surface area contributed by atoms with Gasteiger partial charge < -0.3 is 20.7 Å². The molecule has 0 amide bonds. The lowest BCUT2D eigenvalue weighted by Crippen LogP contribution is -2.51. The number of ether oxygens (including phenoxy) is 1. The molecule has 0 aromatic rings. The van der Waals surface area contributed by atoms with Crippen LogP contribution in [0.5, 0.6) is 0 Å². The molecular weight excluding hydrogens is 390 g/mol. The number of allylic oxidation sites excluding steroid dienone is 11. The zero-order valence-electron chi connectivity index (χ0n) is 19.2. The van der Waals surface area contributed by atoms with E-state index in [9.17, 15) is 4.79 Å². The number of carbonyl (C=O) groups excluding carboxylic acids is 1. The van der Waals surface area contributed by atoms with E-state index < -0.39 is 24.7 Å². The number of esters is 1. The molecule has 0 fully saturated rings. The lowest BCUT2D eigenvalue weighted by Gasteiger charge is -2.23. The standard InChI is InChI=1S/C26H41NO4/c1-3-4-5-6-7-8-9-10-12-15-18-24(2)19-16-13-11-14-17-20-25(30)31-23-26(27,21-28)22-29/h4-5,7-8,10,12-14,16-18,28-29H,3,6,9,11,15,19-23,27H2,1-2H3/b5-4-,8-7-,12-10-,16-13-,17-14-,24-18-. The van der Waals surface area contributed by atoms with Gasteiger partial charge in [-0.1, -0.05) is 79.3 Å². The lowest BCUT2D eigenvalue weighted by molar-refractivity contribution is -0.145. The SMILES string of the molecule is CC/C=C\C/C=C\C/C=C\C/C=C(/C)C/C=C\C/C=C\CC(=O)OCC(N)(CO)CO. The van der Waals surface area contributed by atoms with Crippen LogP contribution in [0, 0.1) is 0 Å². The number of carbonyl (C=O) groups is 1. The van der Waals surface area contributed by atoms with Crippen molar-refractivity contribution in [3.63, 3.8) is 0 Å². The van der Waals surface area contributed by atoms with Gasteiger partial charge in [0.05, 0.1) is 25.2 Å². The average molecular weight is 432 g/mol. The molecule has 0 spiro atoms. The van der Waals surface area contributed by atoms with Gasteiger partial charge >= 0.3 is 5.97 Å². The summed E-state index contributed by atoms with van der Waals surface area (Å²) in [5.41, 5.74) is 5.68. The predicted octanol–water partition coefficient (Wildman–Crippen LogP) is 4.69. The van der Waals surface area contributed by atoms with Crippen LogP contribution in [0.15, 0.2) is 72.4 Å². The van der Waals surface area contributed by atoms with Crippen LogP contribution >= 0.6 is 0 Å². The first kappa shape index (κ1) is 28.8. The number of nitrogens with two attached hydrogens (primary N) is 1. The maximum Gasteiger partial charge on any atom is 0.309 e. The minimum atomic E-state index is -1.29. The van der Waals surface area contributed by atoms with Crippen molar-refractivity contribution in [2.24, 2.45) is 5.73 Å². The predicted molar refractivity (Wildman–Crippen MR) is 129 cm³/mol. The normalized spacial score (nSPS) is 13.6. The molecule has 0 aliphatic rings. The molecule has 0 bridgehead atoms. The van der Waals surface area contributed by atoms with E-state index in [1.807, 2.05) is 6.08 Å². The van der Waals surface area contributed by atoms with Gasteiger partial charge in [-0.15, -0.1) is 0 Å². The van der Waals surface area contributed by atoms with Gasteiger partial charge in [-0.3, -0.25) is 4.79 Å². The molecule has 0 aromatic heterocycles. The third kappa shape index (κ3) is 18.3. The Morgan fingerprint density at radius 2 is 1.29 bits per heavy atom. The van der Waals surface area contributed by atoms with E-state index in [0.29, 0.717) is 0 Å². The Hall–Kier alpha value is -2.21. The van der Waals surface area contributed by atoms with Crippen LogP contribution in [-0.2, 0) is 9.53 Å². The molecule has 0 rings (SSSR count). The van der Waals surface area contributed by atoms with E-state index in [-0.39, 0.29) is 13.0 Å². The Balaban J connectivity index is 3.90. The summed E-state index contributed by atoms with van der Waals surface area (Å²) in [5, 5.41) is 18.1. The van der Waals surface area contributed by atoms with Crippen LogP contribution in [0.25, 0.3) is 0 Å². The van der Waals surface area contributed by atoms with Crippen LogP contribution in [0.1, 0.15) is 58.8 Å². The maximum atomic E-state index is 11.6. The third-order valence-corrected chi connectivity index (χ3v) is 4.36. The van der Waals surface area contributed by atoms with E-state index in [0.717, 1.165) is 38.5 Å². The molecule has 0 aliphatic carbocycles. The molecule has 0 aliphatic heterocycles. The molecule has 4 N–H and O–H groups in total. The highest BCUT2D eigenvalue weighted by atomic mass is 16.5. The fourth-order valence-electron chi connectivity index (χ4n) is 2.30. The highest BCUT2D eigenvalue weighted by molar-refractivity contribution is 5.71. The van der Waals surface area contributed by atoms with Gasteiger partial charge in [0.25, 0.3) is 0 Å². The molecule has 31 heavy (non-hydrogen) atoms. The number of aliphatic hydroxyl groups is 2. The lowest BCUT2D eigenvalue weighted by atomic mass is 10.1. The van der Waals surface area contributed by atoms with Crippen LogP contribution in [0.3, 0.4) is 0 Å². The minimum Gasteiger partial charge on any atom is -0.463 e. The van der Waals surface area contributed by atoms with Crippen molar-refractivity contribution in [3.8, 4) is 0 Å². The van der Waals surface area contributed by atoms with Gasteiger partial charge in [0.15, 0.2) is 0 Å². The first-order valence-electron chi connectivity index (χ1n) is 11.0. The van der Waals surface area contributed by atoms with Gasteiger partial charge in [0.2, 0.25) is 0 Å². The number of aliphatic hydroxyl groups excluding tert-OH is 2. The Kier molecular flexibility index (Phi) is 18.3. The second-order valence-electron chi connectivity index (χ2n) is 7.51. The second kappa shape index (κ2) is 19.7. The molecule has 0 saturated heterocycles. The van der Waals surface area contributed by atoms with Gasteiger partial charge in [-0.2, -0.15) is 0 Å². The first-order chi connectivity index (χ1) is 15.0.